The Labute approximate surface area is 121 Å². The summed E-state index contributed by atoms with van der Waals surface area (Å²) in [5.41, 5.74) is 1.51. The average molecular weight is 292 g/mol. The van der Waals surface area contributed by atoms with E-state index in [0.717, 1.165) is 5.52 Å². The van der Waals surface area contributed by atoms with Gasteiger partial charge in [0.05, 0.1) is 23.5 Å². The van der Waals surface area contributed by atoms with E-state index in [1.807, 2.05) is 0 Å². The minimum Gasteiger partial charge on any atom is -0.431 e. The number of para-hydroxylation sites is 1. The molecule has 1 atom stereocenters. The topological polar surface area (TPSA) is 90.5 Å². The van der Waals surface area contributed by atoms with Crippen LogP contribution in [0.5, 0.6) is 0 Å². The highest BCUT2D eigenvalue weighted by Gasteiger charge is 2.19. The zero-order valence-electron chi connectivity index (χ0n) is 12.0. The molecule has 0 radical (unpaired) electrons. The van der Waals surface area contributed by atoms with Crippen LogP contribution in [0.15, 0.2) is 24.5 Å². The number of fused-ring (bicyclic) bond motifs is 1. The quantitative estimate of drug-likeness (QED) is 0.688. The molecule has 0 saturated heterocycles. The van der Waals surface area contributed by atoms with Crippen LogP contribution in [0.4, 0.5) is 4.79 Å². The first-order chi connectivity index (χ1) is 9.97. The van der Waals surface area contributed by atoms with Crippen LogP contribution >= 0.6 is 0 Å². The Morgan fingerprint density at radius 1 is 1.14 bits per heavy atom. The summed E-state index contributed by atoms with van der Waals surface area (Å²) in [7, 11) is 0. The summed E-state index contributed by atoms with van der Waals surface area (Å²) >= 11 is 0. The van der Waals surface area contributed by atoms with Gasteiger partial charge < -0.3 is 19.2 Å². The van der Waals surface area contributed by atoms with E-state index in [2.05, 4.69) is 9.97 Å². The van der Waals surface area contributed by atoms with Crippen LogP contribution < -0.4 is 0 Å². The fourth-order valence-corrected chi connectivity index (χ4v) is 1.72. The number of H-pyrrole nitrogens is 1. The summed E-state index contributed by atoms with van der Waals surface area (Å²) in [6.07, 6.45) is -0.763. The number of hydrogen-bond acceptors (Lipinski definition) is 6. The van der Waals surface area contributed by atoms with Gasteiger partial charge in [-0.2, -0.15) is 0 Å². The Bertz CT molecular complexity index is 650. The van der Waals surface area contributed by atoms with Gasteiger partial charge in [0.15, 0.2) is 0 Å². The third-order valence-electron chi connectivity index (χ3n) is 2.54. The van der Waals surface area contributed by atoms with Gasteiger partial charge in [0.2, 0.25) is 6.29 Å². The molecule has 0 saturated carbocycles. The zero-order valence-corrected chi connectivity index (χ0v) is 12.0. The first kappa shape index (κ1) is 14.8. The number of carbonyl (C=O) groups is 2. The Kier molecular flexibility index (Phi) is 4.42. The fraction of sp³-hybridized carbons (Fsp3) is 0.357. The number of imidazole rings is 1. The van der Waals surface area contributed by atoms with E-state index in [1.54, 1.807) is 32.0 Å². The molecule has 1 unspecified atom stereocenters. The molecule has 7 heteroatoms. The third kappa shape index (κ3) is 3.71. The number of ether oxygens (including phenoxy) is 3. The number of aromatic nitrogens is 2. The predicted octanol–water partition coefficient (Wildman–Crippen LogP) is 2.63. The summed E-state index contributed by atoms with van der Waals surface area (Å²) in [6, 6.07) is 5.08. The second-order valence-corrected chi connectivity index (χ2v) is 4.61. The Hall–Kier alpha value is -2.57. The van der Waals surface area contributed by atoms with Crippen molar-refractivity contribution in [1.82, 2.24) is 9.97 Å². The molecule has 2 rings (SSSR count). The molecule has 0 aliphatic heterocycles. The molecule has 0 amide bonds. The first-order valence-corrected chi connectivity index (χ1v) is 6.47. The second-order valence-electron chi connectivity index (χ2n) is 4.61. The minimum absolute atomic E-state index is 0.293. The van der Waals surface area contributed by atoms with Crippen molar-refractivity contribution in [2.75, 3.05) is 0 Å². The molecule has 0 aliphatic rings. The van der Waals surface area contributed by atoms with Gasteiger partial charge >= 0.3 is 12.1 Å². The summed E-state index contributed by atoms with van der Waals surface area (Å²) in [5.74, 6) is -0.627. The van der Waals surface area contributed by atoms with E-state index in [4.69, 9.17) is 14.2 Å². The molecule has 0 bridgehead atoms. The summed E-state index contributed by atoms with van der Waals surface area (Å²) in [4.78, 5) is 30.3. The van der Waals surface area contributed by atoms with Crippen molar-refractivity contribution in [3.8, 4) is 0 Å². The van der Waals surface area contributed by atoms with Gasteiger partial charge in [-0.3, -0.25) is 0 Å². The van der Waals surface area contributed by atoms with Crippen molar-refractivity contribution in [2.24, 2.45) is 0 Å². The molecule has 0 spiro atoms. The van der Waals surface area contributed by atoms with Crippen molar-refractivity contribution >= 4 is 23.2 Å². The average Bonchev–Trinajstić information content (AvgIpc) is 2.84. The summed E-state index contributed by atoms with van der Waals surface area (Å²) in [6.45, 7) is 4.82. The molecule has 112 valence electrons. The summed E-state index contributed by atoms with van der Waals surface area (Å²) < 4.78 is 14.7. The van der Waals surface area contributed by atoms with E-state index in [9.17, 15) is 9.59 Å². The Morgan fingerprint density at radius 3 is 2.62 bits per heavy atom. The van der Waals surface area contributed by atoms with Crippen molar-refractivity contribution in [2.45, 2.75) is 33.2 Å². The minimum atomic E-state index is -1.06. The zero-order chi connectivity index (χ0) is 15.4. The normalized spacial score (nSPS) is 12.2. The molecule has 21 heavy (non-hydrogen) atoms. The van der Waals surface area contributed by atoms with Crippen LogP contribution in [-0.4, -0.2) is 34.5 Å². The van der Waals surface area contributed by atoms with Gasteiger partial charge in [-0.1, -0.05) is 6.07 Å². The van der Waals surface area contributed by atoms with Gasteiger partial charge in [-0.05, 0) is 26.0 Å². The molecule has 1 aromatic carbocycles. The number of hydrogen-bond donors (Lipinski definition) is 1. The van der Waals surface area contributed by atoms with Gasteiger partial charge in [-0.15, -0.1) is 0 Å². The smallest absolute Gasteiger partial charge is 0.431 e. The fourth-order valence-electron chi connectivity index (χ4n) is 1.72. The molecule has 7 nitrogen and oxygen atoms in total. The predicted molar refractivity (Wildman–Crippen MR) is 73.7 cm³/mol. The largest absolute Gasteiger partial charge is 0.511 e. The number of rotatable bonds is 4. The second kappa shape index (κ2) is 6.25. The van der Waals surface area contributed by atoms with Crippen LogP contribution in [0.3, 0.4) is 0 Å². The molecule has 0 fully saturated rings. The van der Waals surface area contributed by atoms with E-state index in [-0.39, 0.29) is 6.10 Å². The van der Waals surface area contributed by atoms with Crippen LogP contribution in [0.25, 0.3) is 11.0 Å². The van der Waals surface area contributed by atoms with Crippen molar-refractivity contribution in [1.29, 1.82) is 0 Å². The first-order valence-electron chi connectivity index (χ1n) is 6.47. The maximum Gasteiger partial charge on any atom is 0.511 e. The number of esters is 1. The third-order valence-corrected chi connectivity index (χ3v) is 2.54. The van der Waals surface area contributed by atoms with Gasteiger partial charge in [-0.25, -0.2) is 14.6 Å². The van der Waals surface area contributed by atoms with E-state index >= 15 is 0 Å². The number of aromatic amines is 1. The van der Waals surface area contributed by atoms with Gasteiger partial charge in [0, 0.05) is 6.92 Å². The van der Waals surface area contributed by atoms with Crippen LogP contribution in [-0.2, 0) is 14.2 Å². The lowest BCUT2D eigenvalue weighted by Gasteiger charge is -2.15. The lowest BCUT2D eigenvalue weighted by Crippen LogP contribution is -2.24. The number of carbonyl (C=O) groups excluding carboxylic acids is 2. The number of nitrogens with one attached hydrogen (secondary N) is 1. The van der Waals surface area contributed by atoms with E-state index in [1.165, 1.54) is 13.3 Å². The standard InChI is InChI=1S/C14H16N2O5/c1-8(2)19-14(18)21-9(3)20-13(17)10-5-4-6-11-12(10)16-7-15-11/h4-9H,1-3H3,(H,15,16). The molecular weight excluding hydrogens is 276 g/mol. The van der Waals surface area contributed by atoms with Crippen molar-refractivity contribution in [3.63, 3.8) is 0 Å². The molecule has 1 N–H and O–H groups in total. The highest BCUT2D eigenvalue weighted by Crippen LogP contribution is 2.16. The van der Waals surface area contributed by atoms with Crippen LogP contribution in [0, 0.1) is 0 Å². The highest BCUT2D eigenvalue weighted by atomic mass is 16.8. The molecule has 1 heterocycles. The van der Waals surface area contributed by atoms with E-state index < -0.39 is 18.4 Å². The summed E-state index contributed by atoms with van der Waals surface area (Å²) in [5, 5.41) is 0. The van der Waals surface area contributed by atoms with Crippen molar-refractivity contribution < 1.29 is 23.8 Å². The van der Waals surface area contributed by atoms with Crippen LogP contribution in [0.2, 0.25) is 0 Å². The highest BCUT2D eigenvalue weighted by molar-refractivity contribution is 6.01. The van der Waals surface area contributed by atoms with Crippen molar-refractivity contribution in [3.05, 3.63) is 30.1 Å². The molecule has 2 aromatic rings. The SMILES string of the molecule is CC(C)OC(=O)OC(C)OC(=O)c1cccc2[nH]cnc12. The molecule has 1 aromatic heterocycles. The number of benzene rings is 1. The van der Waals surface area contributed by atoms with Crippen LogP contribution in [0.1, 0.15) is 31.1 Å². The molecule has 0 aliphatic carbocycles. The Morgan fingerprint density at radius 2 is 1.90 bits per heavy atom. The Balaban J connectivity index is 2.01. The van der Waals surface area contributed by atoms with Gasteiger partial charge in [0.1, 0.15) is 5.52 Å². The molecular formula is C14H16N2O5. The monoisotopic (exact) mass is 292 g/mol. The number of nitrogens with zero attached hydrogens (tertiary/aromatic N) is 1. The lowest BCUT2D eigenvalue weighted by atomic mass is 10.2. The van der Waals surface area contributed by atoms with E-state index in [0.29, 0.717) is 11.1 Å². The maximum atomic E-state index is 12.1. The maximum absolute atomic E-state index is 12.1. The van der Waals surface area contributed by atoms with Gasteiger partial charge in [0.25, 0.3) is 0 Å². The lowest BCUT2D eigenvalue weighted by molar-refractivity contribution is -0.0865.